The Kier molecular flexibility index (Phi) is 7.94. The molecule has 2 aromatic carbocycles. The van der Waals surface area contributed by atoms with Crippen LogP contribution in [-0.4, -0.2) is 69.2 Å². The van der Waals surface area contributed by atoms with E-state index in [-0.39, 0.29) is 16.7 Å². The molecule has 37 heavy (non-hydrogen) atoms. The lowest BCUT2D eigenvalue weighted by atomic mass is 10.1. The zero-order valence-corrected chi connectivity index (χ0v) is 22.2. The van der Waals surface area contributed by atoms with Crippen LogP contribution in [0.15, 0.2) is 59.5 Å². The first-order valence-electron chi connectivity index (χ1n) is 11.9. The van der Waals surface area contributed by atoms with E-state index < -0.39 is 10.0 Å². The normalized spacial score (nSPS) is 14.5. The molecule has 3 aromatic rings. The molecule has 0 saturated carbocycles. The number of rotatable bonds is 8. The maximum absolute atomic E-state index is 13.2. The van der Waals surface area contributed by atoms with Crippen molar-refractivity contribution in [2.24, 2.45) is 5.92 Å². The second-order valence-corrected chi connectivity index (χ2v) is 10.8. The number of piperazine rings is 1. The fourth-order valence-corrected chi connectivity index (χ4v) is 5.38. The molecule has 1 amide bonds. The summed E-state index contributed by atoms with van der Waals surface area (Å²) < 4.78 is 38.5. The minimum absolute atomic E-state index is 0.120. The summed E-state index contributed by atoms with van der Waals surface area (Å²) in [6, 6.07) is 15.5. The highest BCUT2D eigenvalue weighted by Gasteiger charge is 2.29. The third-order valence-corrected chi connectivity index (χ3v) is 8.09. The average Bonchev–Trinajstić information content (AvgIpc) is 2.93. The Balaban J connectivity index is 1.41. The first kappa shape index (κ1) is 26.4. The van der Waals surface area contributed by atoms with Crippen LogP contribution >= 0.6 is 0 Å². The third kappa shape index (κ3) is 5.83. The number of nitrogens with one attached hydrogen (secondary N) is 1. The fourth-order valence-electron chi connectivity index (χ4n) is 3.96. The predicted molar refractivity (Wildman–Crippen MR) is 141 cm³/mol. The quantitative estimate of drug-likeness (QED) is 0.477. The number of aromatic nitrogens is 2. The second kappa shape index (κ2) is 11.1. The van der Waals surface area contributed by atoms with Crippen LogP contribution in [-0.2, 0) is 14.8 Å². The van der Waals surface area contributed by atoms with Gasteiger partial charge in [0.1, 0.15) is 11.5 Å². The van der Waals surface area contributed by atoms with Gasteiger partial charge in [-0.15, -0.1) is 10.2 Å². The van der Waals surface area contributed by atoms with Crippen LogP contribution in [0, 0.1) is 5.92 Å². The lowest BCUT2D eigenvalue weighted by Gasteiger charge is -2.34. The van der Waals surface area contributed by atoms with E-state index in [0.717, 1.165) is 5.56 Å². The van der Waals surface area contributed by atoms with Gasteiger partial charge in [0.2, 0.25) is 15.9 Å². The van der Waals surface area contributed by atoms with E-state index in [0.29, 0.717) is 54.9 Å². The zero-order valence-electron chi connectivity index (χ0n) is 21.3. The molecule has 0 radical (unpaired) electrons. The summed E-state index contributed by atoms with van der Waals surface area (Å²) in [6.45, 7) is 5.20. The van der Waals surface area contributed by atoms with Crippen LogP contribution in [0.5, 0.6) is 11.5 Å². The number of hydrogen-bond donors (Lipinski definition) is 1. The third-order valence-electron chi connectivity index (χ3n) is 6.18. The van der Waals surface area contributed by atoms with Gasteiger partial charge < -0.3 is 19.7 Å². The largest absolute Gasteiger partial charge is 0.497 e. The molecule has 2 heterocycles. The molecule has 11 heteroatoms. The molecule has 0 bridgehead atoms. The van der Waals surface area contributed by atoms with Gasteiger partial charge in [-0.1, -0.05) is 13.8 Å². The topological polar surface area (TPSA) is 114 Å². The highest BCUT2D eigenvalue weighted by Crippen LogP contribution is 2.32. The van der Waals surface area contributed by atoms with Crippen molar-refractivity contribution in [1.29, 1.82) is 0 Å². The zero-order chi connectivity index (χ0) is 26.6. The molecule has 0 atom stereocenters. The van der Waals surface area contributed by atoms with Crippen LogP contribution in [0.3, 0.4) is 0 Å². The van der Waals surface area contributed by atoms with Gasteiger partial charge in [0, 0.05) is 43.3 Å². The van der Waals surface area contributed by atoms with Gasteiger partial charge >= 0.3 is 0 Å². The number of benzene rings is 2. The summed E-state index contributed by atoms with van der Waals surface area (Å²) in [5, 5.41) is 11.5. The Morgan fingerprint density at radius 3 is 2.19 bits per heavy atom. The van der Waals surface area contributed by atoms with Crippen molar-refractivity contribution in [2.75, 3.05) is 50.6 Å². The van der Waals surface area contributed by atoms with E-state index in [4.69, 9.17) is 9.47 Å². The highest BCUT2D eigenvalue weighted by molar-refractivity contribution is 7.89. The number of carbonyl (C=O) groups is 1. The SMILES string of the molecule is COc1ccc(OC)c(-c2ccc(N3CCN(S(=O)(=O)c4ccc(NC(=O)C(C)C)cc4)CC3)nn2)c1. The van der Waals surface area contributed by atoms with Crippen LogP contribution in [0.4, 0.5) is 11.5 Å². The van der Waals surface area contributed by atoms with Crippen LogP contribution < -0.4 is 19.7 Å². The molecule has 1 aromatic heterocycles. The van der Waals surface area contributed by atoms with Crippen molar-refractivity contribution < 1.29 is 22.7 Å². The summed E-state index contributed by atoms with van der Waals surface area (Å²) >= 11 is 0. The molecule has 4 rings (SSSR count). The minimum Gasteiger partial charge on any atom is -0.497 e. The smallest absolute Gasteiger partial charge is 0.243 e. The Morgan fingerprint density at radius 2 is 1.62 bits per heavy atom. The number of nitrogens with zero attached hydrogens (tertiary/aromatic N) is 4. The molecular weight excluding hydrogens is 494 g/mol. The molecule has 0 unspecified atom stereocenters. The number of sulfonamides is 1. The molecule has 196 valence electrons. The van der Waals surface area contributed by atoms with Crippen molar-refractivity contribution in [3.05, 3.63) is 54.6 Å². The van der Waals surface area contributed by atoms with E-state index in [1.807, 2.05) is 35.2 Å². The fraction of sp³-hybridized carbons (Fsp3) is 0.346. The molecule has 1 aliphatic rings. The van der Waals surface area contributed by atoms with Crippen LogP contribution in [0.1, 0.15) is 13.8 Å². The summed E-state index contributed by atoms with van der Waals surface area (Å²) in [7, 11) is -0.457. The van der Waals surface area contributed by atoms with E-state index >= 15 is 0 Å². The molecular formula is C26H31N5O5S. The van der Waals surface area contributed by atoms with Gasteiger partial charge in [-0.25, -0.2) is 8.42 Å². The molecule has 10 nitrogen and oxygen atoms in total. The first-order chi connectivity index (χ1) is 17.7. The lowest BCUT2D eigenvalue weighted by Crippen LogP contribution is -2.49. The van der Waals surface area contributed by atoms with E-state index in [1.54, 1.807) is 40.2 Å². The van der Waals surface area contributed by atoms with Gasteiger partial charge in [-0.3, -0.25) is 4.79 Å². The maximum Gasteiger partial charge on any atom is 0.243 e. The van der Waals surface area contributed by atoms with Gasteiger partial charge in [0.25, 0.3) is 0 Å². The van der Waals surface area contributed by atoms with Crippen molar-refractivity contribution in [3.63, 3.8) is 0 Å². The first-order valence-corrected chi connectivity index (χ1v) is 13.4. The molecule has 0 spiro atoms. The van der Waals surface area contributed by atoms with Crippen molar-refractivity contribution in [3.8, 4) is 22.8 Å². The number of anilines is 2. The minimum atomic E-state index is -3.65. The monoisotopic (exact) mass is 525 g/mol. The average molecular weight is 526 g/mol. The molecule has 1 fully saturated rings. The second-order valence-electron chi connectivity index (χ2n) is 8.90. The van der Waals surface area contributed by atoms with Crippen molar-refractivity contribution >= 4 is 27.4 Å². The maximum atomic E-state index is 13.2. The molecule has 1 N–H and O–H groups in total. The number of carbonyl (C=O) groups excluding carboxylic acids is 1. The summed E-state index contributed by atoms with van der Waals surface area (Å²) in [5.74, 6) is 1.75. The van der Waals surface area contributed by atoms with Crippen LogP contribution in [0.2, 0.25) is 0 Å². The number of amides is 1. The van der Waals surface area contributed by atoms with E-state index in [1.165, 1.54) is 16.4 Å². The van der Waals surface area contributed by atoms with Crippen LogP contribution in [0.25, 0.3) is 11.3 Å². The number of hydrogen-bond acceptors (Lipinski definition) is 8. The van der Waals surface area contributed by atoms with E-state index in [2.05, 4.69) is 15.5 Å². The molecule has 1 saturated heterocycles. The molecule has 0 aliphatic carbocycles. The summed E-state index contributed by atoms with van der Waals surface area (Å²) in [6.07, 6.45) is 0. The van der Waals surface area contributed by atoms with Gasteiger partial charge in [0.05, 0.1) is 24.8 Å². The van der Waals surface area contributed by atoms with Crippen molar-refractivity contribution in [2.45, 2.75) is 18.7 Å². The summed E-state index contributed by atoms with van der Waals surface area (Å²) in [5.41, 5.74) is 1.98. The Hall–Kier alpha value is -3.70. The standard InChI is InChI=1S/C26H31N5O5S/c1-18(2)26(32)27-19-5-8-21(9-6-19)37(33,34)31-15-13-30(14-16-31)25-12-10-23(28-29-25)22-17-20(35-3)7-11-24(22)36-4/h5-12,17-18H,13-16H2,1-4H3,(H,27,32). The Bertz CT molecular complexity index is 1340. The summed E-state index contributed by atoms with van der Waals surface area (Å²) in [4.78, 5) is 14.1. The number of ether oxygens (including phenoxy) is 2. The predicted octanol–water partition coefficient (Wildman–Crippen LogP) is 3.27. The lowest BCUT2D eigenvalue weighted by molar-refractivity contribution is -0.118. The van der Waals surface area contributed by atoms with Crippen molar-refractivity contribution in [1.82, 2.24) is 14.5 Å². The highest BCUT2D eigenvalue weighted by atomic mass is 32.2. The van der Waals surface area contributed by atoms with Gasteiger partial charge in [-0.05, 0) is 54.6 Å². The van der Waals surface area contributed by atoms with Gasteiger partial charge in [-0.2, -0.15) is 4.31 Å². The Morgan fingerprint density at radius 1 is 0.919 bits per heavy atom. The van der Waals surface area contributed by atoms with Gasteiger partial charge in [0.15, 0.2) is 5.82 Å². The Labute approximate surface area is 217 Å². The van der Waals surface area contributed by atoms with E-state index in [9.17, 15) is 13.2 Å². The number of methoxy groups -OCH3 is 2. The molecule has 1 aliphatic heterocycles.